The number of halogens is 1. The van der Waals surface area contributed by atoms with Crippen molar-refractivity contribution in [1.82, 2.24) is 5.32 Å². The van der Waals surface area contributed by atoms with Gasteiger partial charge in [0.05, 0.1) is 5.92 Å². The number of hydrogen-bond acceptors (Lipinski definition) is 3. The van der Waals surface area contributed by atoms with E-state index in [-0.39, 0.29) is 17.7 Å². The number of amides is 2. The number of ether oxygens (including phenoxy) is 1. The van der Waals surface area contributed by atoms with Gasteiger partial charge >= 0.3 is 0 Å². The van der Waals surface area contributed by atoms with Crippen LogP contribution in [0.1, 0.15) is 48.0 Å². The van der Waals surface area contributed by atoms with Crippen LogP contribution in [0, 0.1) is 11.8 Å². The van der Waals surface area contributed by atoms with Crippen molar-refractivity contribution in [3.8, 4) is 5.75 Å². The molecule has 1 aliphatic carbocycles. The van der Waals surface area contributed by atoms with E-state index in [4.69, 9.17) is 4.74 Å². The average molecular weight is 471 g/mol. The Hall–Kier alpha value is -2.34. The van der Waals surface area contributed by atoms with Crippen LogP contribution in [0.25, 0.3) is 0 Å². The number of rotatable bonds is 5. The summed E-state index contributed by atoms with van der Waals surface area (Å²) in [6.07, 6.45) is 6.91. The summed E-state index contributed by atoms with van der Waals surface area (Å²) >= 11 is 3.38. The fraction of sp³-hybridized carbons (Fsp3) is 0.417. The van der Waals surface area contributed by atoms with Gasteiger partial charge in [-0.25, -0.2) is 0 Å². The highest BCUT2D eigenvalue weighted by atomic mass is 79.9. The molecule has 2 aliphatic rings. The van der Waals surface area contributed by atoms with E-state index in [1.165, 1.54) is 32.1 Å². The molecule has 0 radical (unpaired) electrons. The molecule has 1 heterocycles. The lowest BCUT2D eigenvalue weighted by Crippen LogP contribution is -2.39. The van der Waals surface area contributed by atoms with Crippen LogP contribution in [0.5, 0.6) is 5.75 Å². The van der Waals surface area contributed by atoms with E-state index in [0.717, 1.165) is 22.3 Å². The van der Waals surface area contributed by atoms with E-state index in [0.29, 0.717) is 30.2 Å². The van der Waals surface area contributed by atoms with Gasteiger partial charge in [-0.05, 0) is 73.2 Å². The van der Waals surface area contributed by atoms with Crippen LogP contribution >= 0.6 is 15.9 Å². The molecule has 6 heteroatoms. The first-order valence-electron chi connectivity index (χ1n) is 10.7. The molecule has 2 amide bonds. The summed E-state index contributed by atoms with van der Waals surface area (Å²) in [4.78, 5) is 25.1. The quantitative estimate of drug-likeness (QED) is 0.649. The van der Waals surface area contributed by atoms with Crippen molar-refractivity contribution in [2.24, 2.45) is 11.8 Å². The summed E-state index contributed by atoms with van der Waals surface area (Å²) in [6.45, 7) is 1.17. The van der Waals surface area contributed by atoms with Gasteiger partial charge in [-0.3, -0.25) is 9.59 Å². The third kappa shape index (κ3) is 5.22. The first-order chi connectivity index (χ1) is 14.6. The maximum atomic E-state index is 12.7. The molecule has 5 nitrogen and oxygen atoms in total. The minimum absolute atomic E-state index is 0.0653. The third-order valence-corrected chi connectivity index (χ3v) is 6.52. The van der Waals surface area contributed by atoms with Crippen molar-refractivity contribution in [2.75, 3.05) is 18.5 Å². The van der Waals surface area contributed by atoms with Crippen LogP contribution in [-0.2, 0) is 11.2 Å². The Morgan fingerprint density at radius 3 is 2.57 bits per heavy atom. The molecule has 0 bridgehead atoms. The number of anilines is 1. The molecule has 1 saturated carbocycles. The smallest absolute Gasteiger partial charge is 0.255 e. The first kappa shape index (κ1) is 20.9. The number of carbonyl (C=O) groups excluding carboxylic acids is 2. The van der Waals surface area contributed by atoms with E-state index in [1.54, 1.807) is 12.1 Å². The molecule has 0 spiro atoms. The lowest BCUT2D eigenvalue weighted by Gasteiger charge is -2.27. The predicted molar refractivity (Wildman–Crippen MR) is 121 cm³/mol. The van der Waals surface area contributed by atoms with Gasteiger partial charge in [-0.15, -0.1) is 0 Å². The van der Waals surface area contributed by atoms with Crippen molar-refractivity contribution >= 4 is 33.4 Å². The van der Waals surface area contributed by atoms with Gasteiger partial charge in [0, 0.05) is 22.3 Å². The molecule has 1 atom stereocenters. The van der Waals surface area contributed by atoms with Crippen LogP contribution < -0.4 is 15.4 Å². The van der Waals surface area contributed by atoms with E-state index in [2.05, 4.69) is 26.6 Å². The lowest BCUT2D eigenvalue weighted by atomic mass is 9.89. The largest absolute Gasteiger partial charge is 0.492 e. The molecular formula is C24H27BrN2O3. The SMILES string of the molecule is O=C(Nc1ccc2c(c1)CC(C(=O)NCC1CCCCC1)CO2)c1ccc(Br)cc1. The lowest BCUT2D eigenvalue weighted by molar-refractivity contribution is -0.126. The summed E-state index contributed by atoms with van der Waals surface area (Å²) in [5.41, 5.74) is 2.24. The summed E-state index contributed by atoms with van der Waals surface area (Å²) in [5.74, 6) is 1.10. The van der Waals surface area contributed by atoms with Crippen molar-refractivity contribution < 1.29 is 14.3 Å². The highest BCUT2D eigenvalue weighted by Crippen LogP contribution is 2.30. The Morgan fingerprint density at radius 1 is 1.03 bits per heavy atom. The molecule has 0 saturated heterocycles. The predicted octanol–water partition coefficient (Wildman–Crippen LogP) is 4.95. The standard InChI is InChI=1S/C24H27BrN2O3/c25-20-8-6-17(7-9-20)24(29)27-21-10-11-22-18(13-21)12-19(15-30-22)23(28)26-14-16-4-2-1-3-5-16/h6-11,13,16,19H,1-5,12,14-15H2,(H,26,28)(H,27,29). The average Bonchev–Trinajstić information content (AvgIpc) is 2.78. The number of carbonyl (C=O) groups is 2. The molecule has 30 heavy (non-hydrogen) atoms. The summed E-state index contributed by atoms with van der Waals surface area (Å²) in [7, 11) is 0. The van der Waals surface area contributed by atoms with Crippen molar-refractivity contribution in [3.63, 3.8) is 0 Å². The second-order valence-electron chi connectivity index (χ2n) is 8.24. The molecule has 1 fully saturated rings. The molecule has 2 N–H and O–H groups in total. The Kier molecular flexibility index (Phi) is 6.72. The van der Waals surface area contributed by atoms with Gasteiger partial charge in [0.15, 0.2) is 0 Å². The topological polar surface area (TPSA) is 67.4 Å². The van der Waals surface area contributed by atoms with E-state index < -0.39 is 0 Å². The number of benzene rings is 2. The Bertz CT molecular complexity index is 907. The van der Waals surface area contributed by atoms with Crippen LogP contribution in [0.2, 0.25) is 0 Å². The highest BCUT2D eigenvalue weighted by molar-refractivity contribution is 9.10. The van der Waals surface area contributed by atoms with E-state index >= 15 is 0 Å². The molecule has 1 unspecified atom stereocenters. The molecule has 2 aromatic rings. The zero-order chi connectivity index (χ0) is 20.9. The summed E-state index contributed by atoms with van der Waals surface area (Å²) in [5, 5.41) is 6.06. The van der Waals surface area contributed by atoms with E-state index in [1.807, 2.05) is 30.3 Å². The molecule has 0 aromatic heterocycles. The van der Waals surface area contributed by atoms with Gasteiger partial charge in [0.2, 0.25) is 5.91 Å². The molecule has 4 rings (SSSR count). The van der Waals surface area contributed by atoms with Crippen molar-refractivity contribution in [3.05, 3.63) is 58.1 Å². The Balaban J connectivity index is 1.36. The van der Waals surface area contributed by atoms with E-state index in [9.17, 15) is 9.59 Å². The first-order valence-corrected chi connectivity index (χ1v) is 11.5. The van der Waals surface area contributed by atoms with Crippen LogP contribution in [0.4, 0.5) is 5.69 Å². The fourth-order valence-corrected chi connectivity index (χ4v) is 4.49. The monoisotopic (exact) mass is 470 g/mol. The molecule has 158 valence electrons. The van der Waals surface area contributed by atoms with Gasteiger partial charge in [0.1, 0.15) is 12.4 Å². The minimum atomic E-state index is -0.196. The van der Waals surface area contributed by atoms with Crippen LogP contribution in [0.3, 0.4) is 0 Å². The van der Waals surface area contributed by atoms with Gasteiger partial charge in [0.25, 0.3) is 5.91 Å². The number of fused-ring (bicyclic) bond motifs is 1. The molecule has 1 aliphatic heterocycles. The Labute approximate surface area is 185 Å². The number of nitrogens with one attached hydrogen (secondary N) is 2. The fourth-order valence-electron chi connectivity index (χ4n) is 4.23. The third-order valence-electron chi connectivity index (χ3n) is 5.99. The van der Waals surface area contributed by atoms with Gasteiger partial charge in [-0.1, -0.05) is 35.2 Å². The molecule has 2 aromatic carbocycles. The van der Waals surface area contributed by atoms with Crippen molar-refractivity contribution in [1.29, 1.82) is 0 Å². The number of hydrogen-bond donors (Lipinski definition) is 2. The highest BCUT2D eigenvalue weighted by Gasteiger charge is 2.27. The maximum Gasteiger partial charge on any atom is 0.255 e. The molecular weight excluding hydrogens is 444 g/mol. The maximum absolute atomic E-state index is 12.7. The van der Waals surface area contributed by atoms with Crippen LogP contribution in [0.15, 0.2) is 46.9 Å². The summed E-state index contributed by atoms with van der Waals surface area (Å²) < 4.78 is 6.76. The van der Waals surface area contributed by atoms with Crippen molar-refractivity contribution in [2.45, 2.75) is 38.5 Å². The summed E-state index contributed by atoms with van der Waals surface area (Å²) in [6, 6.07) is 12.8. The second-order valence-corrected chi connectivity index (χ2v) is 9.16. The van der Waals surface area contributed by atoms with Crippen LogP contribution in [-0.4, -0.2) is 25.0 Å². The second kappa shape index (κ2) is 9.65. The van der Waals surface area contributed by atoms with Gasteiger partial charge in [-0.2, -0.15) is 0 Å². The zero-order valence-corrected chi connectivity index (χ0v) is 18.5. The van der Waals surface area contributed by atoms with Gasteiger partial charge < -0.3 is 15.4 Å². The normalized spacial score (nSPS) is 18.8. The Morgan fingerprint density at radius 2 is 1.80 bits per heavy atom. The minimum Gasteiger partial charge on any atom is -0.492 e. The zero-order valence-electron chi connectivity index (χ0n) is 17.0.